The third-order valence-corrected chi connectivity index (χ3v) is 2.46. The molecule has 3 nitrogen and oxygen atoms in total. The highest BCUT2D eigenvalue weighted by Gasteiger charge is 2.16. The first kappa shape index (κ1) is 10.2. The topological polar surface area (TPSA) is 41.5 Å². The van der Waals surface area contributed by atoms with E-state index >= 15 is 0 Å². The number of nitrogens with one attached hydrogen (secondary N) is 1. The summed E-state index contributed by atoms with van der Waals surface area (Å²) in [5.41, 5.74) is 0. The molecule has 82 valence electrons. The van der Waals surface area contributed by atoms with Gasteiger partial charge in [0.05, 0.1) is 0 Å². The van der Waals surface area contributed by atoms with Gasteiger partial charge >= 0.3 is 0 Å². The molecule has 0 radical (unpaired) electrons. The molecule has 0 amide bonds. The van der Waals surface area contributed by atoms with Crippen LogP contribution in [-0.4, -0.2) is 24.3 Å². The Kier molecular flexibility index (Phi) is 3.06. The molecule has 15 heavy (non-hydrogen) atoms. The minimum atomic E-state index is -0.513. The highest BCUT2D eigenvalue weighted by atomic mass is 19.1. The van der Waals surface area contributed by atoms with Crippen molar-refractivity contribution in [1.29, 1.82) is 0 Å². The minimum Gasteiger partial charge on any atom is -0.508 e. The van der Waals surface area contributed by atoms with E-state index in [1.54, 1.807) is 0 Å². The van der Waals surface area contributed by atoms with E-state index in [0.29, 0.717) is 0 Å². The van der Waals surface area contributed by atoms with Crippen molar-refractivity contribution in [3.8, 4) is 11.5 Å². The Bertz CT molecular complexity index is 337. The Morgan fingerprint density at radius 1 is 1.47 bits per heavy atom. The number of rotatable bonds is 2. The van der Waals surface area contributed by atoms with E-state index in [1.165, 1.54) is 12.1 Å². The average molecular weight is 211 g/mol. The van der Waals surface area contributed by atoms with Gasteiger partial charge in [0.15, 0.2) is 11.6 Å². The van der Waals surface area contributed by atoms with Crippen molar-refractivity contribution >= 4 is 0 Å². The highest BCUT2D eigenvalue weighted by molar-refractivity contribution is 5.32. The summed E-state index contributed by atoms with van der Waals surface area (Å²) in [6.45, 7) is 1.75. The minimum absolute atomic E-state index is 0.0257. The molecule has 0 spiro atoms. The molecule has 0 saturated carbocycles. The quantitative estimate of drug-likeness (QED) is 0.781. The second-order valence-electron chi connectivity index (χ2n) is 3.70. The molecule has 1 aromatic carbocycles. The van der Waals surface area contributed by atoms with Crippen molar-refractivity contribution in [1.82, 2.24) is 5.32 Å². The summed E-state index contributed by atoms with van der Waals surface area (Å²) in [4.78, 5) is 0. The van der Waals surface area contributed by atoms with Crippen molar-refractivity contribution in [2.24, 2.45) is 0 Å². The van der Waals surface area contributed by atoms with Gasteiger partial charge in [0, 0.05) is 12.6 Å². The van der Waals surface area contributed by atoms with Crippen molar-refractivity contribution in [2.45, 2.75) is 18.9 Å². The van der Waals surface area contributed by atoms with Crippen LogP contribution in [0.5, 0.6) is 11.5 Å². The number of phenolic OH excluding ortho intramolecular Hbond substituents is 1. The van der Waals surface area contributed by atoms with Gasteiger partial charge in [-0.2, -0.15) is 0 Å². The maximum Gasteiger partial charge on any atom is 0.168 e. The fraction of sp³-hybridized carbons (Fsp3) is 0.455. The molecule has 0 bridgehead atoms. The van der Waals surface area contributed by atoms with Crippen LogP contribution in [0.4, 0.5) is 4.39 Å². The predicted molar refractivity (Wildman–Crippen MR) is 54.6 cm³/mol. The summed E-state index contributed by atoms with van der Waals surface area (Å²) in [6, 6.07) is 3.94. The molecule has 0 aliphatic carbocycles. The Labute approximate surface area is 87.9 Å². The first-order valence-electron chi connectivity index (χ1n) is 5.11. The molecule has 1 aromatic rings. The van der Waals surface area contributed by atoms with Crippen LogP contribution in [0.15, 0.2) is 18.2 Å². The summed E-state index contributed by atoms with van der Waals surface area (Å²) in [5, 5.41) is 12.2. The van der Waals surface area contributed by atoms with Crippen LogP contribution in [0.3, 0.4) is 0 Å². The SMILES string of the molecule is Oc1ccc(OC2CCCNC2)c(F)c1. The van der Waals surface area contributed by atoms with Crippen LogP contribution >= 0.6 is 0 Å². The monoisotopic (exact) mass is 211 g/mol. The van der Waals surface area contributed by atoms with E-state index in [9.17, 15) is 4.39 Å². The number of ether oxygens (including phenoxy) is 1. The molecule has 2 rings (SSSR count). The second kappa shape index (κ2) is 4.49. The van der Waals surface area contributed by atoms with Gasteiger partial charge in [-0.25, -0.2) is 4.39 Å². The molecule has 1 saturated heterocycles. The molecule has 1 heterocycles. The maximum absolute atomic E-state index is 13.3. The fourth-order valence-corrected chi connectivity index (χ4v) is 1.69. The molecule has 1 aliphatic heterocycles. The number of halogens is 1. The van der Waals surface area contributed by atoms with Gasteiger partial charge in [0.1, 0.15) is 11.9 Å². The number of benzene rings is 1. The molecule has 1 aliphatic rings. The number of piperidine rings is 1. The molecule has 4 heteroatoms. The molecule has 1 fully saturated rings. The molecule has 1 atom stereocenters. The Balaban J connectivity index is 2.03. The zero-order valence-electron chi connectivity index (χ0n) is 8.37. The van der Waals surface area contributed by atoms with E-state index in [2.05, 4.69) is 5.32 Å². The van der Waals surface area contributed by atoms with E-state index in [0.717, 1.165) is 32.0 Å². The summed E-state index contributed by atoms with van der Waals surface area (Å²) < 4.78 is 18.8. The van der Waals surface area contributed by atoms with Crippen LogP contribution < -0.4 is 10.1 Å². The van der Waals surface area contributed by atoms with Gasteiger partial charge < -0.3 is 15.2 Å². The Morgan fingerprint density at radius 3 is 3.00 bits per heavy atom. The number of hydrogen-bond donors (Lipinski definition) is 2. The van der Waals surface area contributed by atoms with Gasteiger partial charge in [-0.05, 0) is 31.5 Å². The van der Waals surface area contributed by atoms with Crippen molar-refractivity contribution in [2.75, 3.05) is 13.1 Å². The Hall–Kier alpha value is -1.29. The number of hydrogen-bond acceptors (Lipinski definition) is 3. The van der Waals surface area contributed by atoms with Crippen LogP contribution in [0, 0.1) is 5.82 Å². The lowest BCUT2D eigenvalue weighted by atomic mass is 10.1. The van der Waals surface area contributed by atoms with Crippen molar-refractivity contribution in [3.05, 3.63) is 24.0 Å². The summed E-state index contributed by atoms with van der Waals surface area (Å²) >= 11 is 0. The van der Waals surface area contributed by atoms with Gasteiger partial charge in [-0.1, -0.05) is 0 Å². The van der Waals surface area contributed by atoms with E-state index in [1.807, 2.05) is 0 Å². The standard InChI is InChI=1S/C11H14FNO2/c12-10-6-8(14)3-4-11(10)15-9-2-1-5-13-7-9/h3-4,6,9,13-14H,1-2,5,7H2. The lowest BCUT2D eigenvalue weighted by Gasteiger charge is -2.24. The van der Waals surface area contributed by atoms with Crippen LogP contribution in [-0.2, 0) is 0 Å². The number of aromatic hydroxyl groups is 1. The van der Waals surface area contributed by atoms with Gasteiger partial charge in [-0.15, -0.1) is 0 Å². The summed E-state index contributed by atoms with van der Waals surface area (Å²) in [6.07, 6.45) is 2.01. The van der Waals surface area contributed by atoms with Gasteiger partial charge in [0.25, 0.3) is 0 Å². The van der Waals surface area contributed by atoms with Crippen LogP contribution in [0.25, 0.3) is 0 Å². The normalized spacial score (nSPS) is 21.3. The zero-order valence-corrected chi connectivity index (χ0v) is 8.37. The van der Waals surface area contributed by atoms with Crippen molar-refractivity contribution < 1.29 is 14.2 Å². The third kappa shape index (κ3) is 2.59. The highest BCUT2D eigenvalue weighted by Crippen LogP contribution is 2.23. The lowest BCUT2D eigenvalue weighted by Crippen LogP contribution is -2.37. The van der Waals surface area contributed by atoms with Gasteiger partial charge in [-0.3, -0.25) is 0 Å². The van der Waals surface area contributed by atoms with E-state index in [4.69, 9.17) is 9.84 Å². The predicted octanol–water partition coefficient (Wildman–Crippen LogP) is 1.66. The Morgan fingerprint density at radius 2 is 2.33 bits per heavy atom. The maximum atomic E-state index is 13.3. The molecular weight excluding hydrogens is 197 g/mol. The number of phenols is 1. The molecular formula is C11H14FNO2. The van der Waals surface area contributed by atoms with E-state index < -0.39 is 5.82 Å². The zero-order chi connectivity index (χ0) is 10.7. The lowest BCUT2D eigenvalue weighted by molar-refractivity contribution is 0.160. The second-order valence-corrected chi connectivity index (χ2v) is 3.70. The molecule has 2 N–H and O–H groups in total. The first-order valence-corrected chi connectivity index (χ1v) is 5.11. The molecule has 0 aromatic heterocycles. The van der Waals surface area contributed by atoms with Crippen molar-refractivity contribution in [3.63, 3.8) is 0 Å². The smallest absolute Gasteiger partial charge is 0.168 e. The summed E-state index contributed by atoms with van der Waals surface area (Å²) in [5.74, 6) is -0.385. The van der Waals surface area contributed by atoms with E-state index in [-0.39, 0.29) is 17.6 Å². The average Bonchev–Trinajstić information content (AvgIpc) is 2.24. The first-order chi connectivity index (χ1) is 7.25. The van der Waals surface area contributed by atoms with Crippen LogP contribution in [0.1, 0.15) is 12.8 Å². The summed E-state index contributed by atoms with van der Waals surface area (Å²) in [7, 11) is 0. The third-order valence-electron chi connectivity index (χ3n) is 2.46. The molecule has 1 unspecified atom stereocenters. The van der Waals surface area contributed by atoms with Crippen LogP contribution in [0.2, 0.25) is 0 Å². The largest absolute Gasteiger partial charge is 0.508 e. The fourth-order valence-electron chi connectivity index (χ4n) is 1.69. The van der Waals surface area contributed by atoms with Gasteiger partial charge in [0.2, 0.25) is 0 Å².